The summed E-state index contributed by atoms with van der Waals surface area (Å²) >= 11 is 0. The standard InChI is InChI=1S/C19H21N5O2/c1-12-15(13(2)23-22-12)8-20-19(25)18-16-10-26-17(9-24(16)11-21-18)14-6-4-3-5-7-14/h3-7,11,17H,8-10H2,1-2H3,(H,20,25)(H,22,23). The van der Waals surface area contributed by atoms with Gasteiger partial charge in [-0.1, -0.05) is 30.3 Å². The molecule has 1 atom stereocenters. The van der Waals surface area contributed by atoms with E-state index in [0.29, 0.717) is 25.4 Å². The highest BCUT2D eigenvalue weighted by molar-refractivity contribution is 5.93. The van der Waals surface area contributed by atoms with E-state index in [2.05, 4.69) is 32.6 Å². The third-order valence-electron chi connectivity index (χ3n) is 4.82. The highest BCUT2D eigenvalue weighted by Crippen LogP contribution is 2.27. The summed E-state index contributed by atoms with van der Waals surface area (Å²) in [5.41, 5.74) is 5.23. The van der Waals surface area contributed by atoms with Gasteiger partial charge in [0.05, 0.1) is 30.9 Å². The highest BCUT2D eigenvalue weighted by atomic mass is 16.5. The molecular weight excluding hydrogens is 330 g/mol. The Hall–Kier alpha value is -2.93. The van der Waals surface area contributed by atoms with Gasteiger partial charge >= 0.3 is 0 Å². The fourth-order valence-corrected chi connectivity index (χ4v) is 3.27. The van der Waals surface area contributed by atoms with Crippen LogP contribution in [0.3, 0.4) is 0 Å². The second-order valence-corrected chi connectivity index (χ2v) is 6.50. The van der Waals surface area contributed by atoms with E-state index in [9.17, 15) is 4.79 Å². The number of nitrogens with one attached hydrogen (secondary N) is 2. The minimum atomic E-state index is -0.194. The van der Waals surface area contributed by atoms with E-state index in [0.717, 1.165) is 28.2 Å². The molecule has 4 rings (SSSR count). The second-order valence-electron chi connectivity index (χ2n) is 6.50. The van der Waals surface area contributed by atoms with Crippen molar-refractivity contribution in [2.24, 2.45) is 0 Å². The minimum Gasteiger partial charge on any atom is -0.365 e. The number of aromatic nitrogens is 4. The lowest BCUT2D eigenvalue weighted by Crippen LogP contribution is -2.27. The van der Waals surface area contributed by atoms with Gasteiger partial charge in [-0.3, -0.25) is 9.89 Å². The van der Waals surface area contributed by atoms with Crippen LogP contribution in [0.4, 0.5) is 0 Å². The van der Waals surface area contributed by atoms with E-state index in [1.807, 2.05) is 36.6 Å². The number of ether oxygens (including phenoxy) is 1. The molecule has 1 aromatic carbocycles. The smallest absolute Gasteiger partial charge is 0.272 e. The number of amides is 1. The molecular formula is C19H21N5O2. The van der Waals surface area contributed by atoms with Gasteiger partial charge in [0.2, 0.25) is 0 Å². The quantitative estimate of drug-likeness (QED) is 0.756. The Labute approximate surface area is 151 Å². The Kier molecular flexibility index (Phi) is 4.30. The van der Waals surface area contributed by atoms with E-state index in [1.54, 1.807) is 6.33 Å². The number of H-pyrrole nitrogens is 1. The monoisotopic (exact) mass is 351 g/mol. The normalized spacial score (nSPS) is 16.3. The molecule has 0 spiro atoms. The first-order valence-electron chi connectivity index (χ1n) is 8.62. The number of imidazole rings is 1. The maximum atomic E-state index is 12.6. The van der Waals surface area contributed by atoms with Gasteiger partial charge in [-0.2, -0.15) is 5.10 Å². The summed E-state index contributed by atoms with van der Waals surface area (Å²) in [5, 5.41) is 10.0. The molecule has 1 aliphatic rings. The van der Waals surface area contributed by atoms with Gasteiger partial charge in [0.25, 0.3) is 5.91 Å². The van der Waals surface area contributed by atoms with Gasteiger partial charge in [0.1, 0.15) is 6.10 Å². The van der Waals surface area contributed by atoms with Crippen molar-refractivity contribution < 1.29 is 9.53 Å². The number of hydrogen-bond acceptors (Lipinski definition) is 4. The number of benzene rings is 1. The van der Waals surface area contributed by atoms with Crippen molar-refractivity contribution >= 4 is 5.91 Å². The Morgan fingerprint density at radius 2 is 2.15 bits per heavy atom. The molecule has 7 heteroatoms. The number of aryl methyl sites for hydroxylation is 2. The number of fused-ring (bicyclic) bond motifs is 1. The molecule has 3 heterocycles. The van der Waals surface area contributed by atoms with Crippen LogP contribution in [0.25, 0.3) is 0 Å². The van der Waals surface area contributed by atoms with Crippen molar-refractivity contribution in [2.45, 2.75) is 39.6 Å². The maximum Gasteiger partial charge on any atom is 0.272 e. The van der Waals surface area contributed by atoms with Crippen molar-refractivity contribution in [3.63, 3.8) is 0 Å². The largest absolute Gasteiger partial charge is 0.365 e. The molecule has 0 radical (unpaired) electrons. The maximum absolute atomic E-state index is 12.6. The van der Waals surface area contributed by atoms with Crippen LogP contribution in [0.15, 0.2) is 36.7 Å². The van der Waals surface area contributed by atoms with Gasteiger partial charge in [-0.25, -0.2) is 4.98 Å². The molecule has 2 N–H and O–H groups in total. The number of aromatic amines is 1. The predicted molar refractivity (Wildman–Crippen MR) is 95.4 cm³/mol. The van der Waals surface area contributed by atoms with E-state index >= 15 is 0 Å². The van der Waals surface area contributed by atoms with Crippen LogP contribution in [0.1, 0.15) is 44.8 Å². The SMILES string of the molecule is Cc1n[nH]c(C)c1CNC(=O)c1ncn2c1COC(c1ccccc1)C2. The van der Waals surface area contributed by atoms with Crippen LogP contribution < -0.4 is 5.32 Å². The van der Waals surface area contributed by atoms with Crippen molar-refractivity contribution in [1.29, 1.82) is 0 Å². The van der Waals surface area contributed by atoms with Crippen molar-refractivity contribution in [3.8, 4) is 0 Å². The summed E-state index contributed by atoms with van der Waals surface area (Å²) < 4.78 is 7.98. The van der Waals surface area contributed by atoms with Crippen LogP contribution in [0.2, 0.25) is 0 Å². The predicted octanol–water partition coefficient (Wildman–Crippen LogP) is 2.42. The number of carbonyl (C=O) groups excluding carboxylic acids is 1. The summed E-state index contributed by atoms with van der Waals surface area (Å²) in [6, 6.07) is 10.1. The Bertz CT molecular complexity index is 909. The third kappa shape index (κ3) is 3.01. The molecule has 1 amide bonds. The van der Waals surface area contributed by atoms with Crippen molar-refractivity contribution in [1.82, 2.24) is 25.1 Å². The van der Waals surface area contributed by atoms with Crippen LogP contribution in [0.5, 0.6) is 0 Å². The molecule has 0 saturated heterocycles. The average molecular weight is 351 g/mol. The molecule has 3 aromatic rings. The molecule has 1 unspecified atom stereocenters. The zero-order valence-electron chi connectivity index (χ0n) is 14.8. The van der Waals surface area contributed by atoms with E-state index < -0.39 is 0 Å². The zero-order valence-corrected chi connectivity index (χ0v) is 14.8. The summed E-state index contributed by atoms with van der Waals surface area (Å²) in [6.07, 6.45) is 1.70. The second kappa shape index (κ2) is 6.76. The van der Waals surface area contributed by atoms with Gasteiger partial charge in [0.15, 0.2) is 5.69 Å². The molecule has 134 valence electrons. The van der Waals surface area contributed by atoms with Crippen LogP contribution in [-0.2, 0) is 24.4 Å². The molecule has 2 aromatic heterocycles. The average Bonchev–Trinajstić information content (AvgIpc) is 3.23. The highest BCUT2D eigenvalue weighted by Gasteiger charge is 2.26. The zero-order chi connectivity index (χ0) is 18.1. The summed E-state index contributed by atoms with van der Waals surface area (Å²) in [6.45, 7) is 5.30. The number of carbonyl (C=O) groups is 1. The Morgan fingerprint density at radius 3 is 2.88 bits per heavy atom. The third-order valence-corrected chi connectivity index (χ3v) is 4.82. The molecule has 26 heavy (non-hydrogen) atoms. The van der Waals surface area contributed by atoms with E-state index in [1.165, 1.54) is 0 Å². The number of hydrogen-bond donors (Lipinski definition) is 2. The summed E-state index contributed by atoms with van der Waals surface area (Å²) in [4.78, 5) is 16.9. The lowest BCUT2D eigenvalue weighted by Gasteiger charge is -2.25. The van der Waals surface area contributed by atoms with E-state index in [4.69, 9.17) is 4.74 Å². The fraction of sp³-hybridized carbons (Fsp3) is 0.316. The molecule has 0 fully saturated rings. The topological polar surface area (TPSA) is 84.8 Å². The first kappa shape index (κ1) is 16.5. The first-order chi connectivity index (χ1) is 12.6. The molecule has 1 aliphatic heterocycles. The van der Waals surface area contributed by atoms with Gasteiger partial charge in [0, 0.05) is 17.8 Å². The van der Waals surface area contributed by atoms with Crippen LogP contribution in [0, 0.1) is 13.8 Å². The minimum absolute atomic E-state index is 0.0231. The van der Waals surface area contributed by atoms with Gasteiger partial charge in [-0.05, 0) is 19.4 Å². The lowest BCUT2D eigenvalue weighted by molar-refractivity contribution is 0.00257. The number of nitrogens with zero attached hydrogens (tertiary/aromatic N) is 3. The Morgan fingerprint density at radius 1 is 1.35 bits per heavy atom. The van der Waals surface area contributed by atoms with Crippen LogP contribution in [-0.4, -0.2) is 25.7 Å². The molecule has 0 bridgehead atoms. The van der Waals surface area contributed by atoms with Crippen molar-refractivity contribution in [3.05, 3.63) is 70.6 Å². The Balaban J connectivity index is 1.47. The lowest BCUT2D eigenvalue weighted by atomic mass is 10.1. The molecule has 0 saturated carbocycles. The number of rotatable bonds is 4. The van der Waals surface area contributed by atoms with Crippen LogP contribution >= 0.6 is 0 Å². The van der Waals surface area contributed by atoms with Gasteiger partial charge in [-0.15, -0.1) is 0 Å². The fourth-order valence-electron chi connectivity index (χ4n) is 3.27. The van der Waals surface area contributed by atoms with E-state index in [-0.39, 0.29) is 12.0 Å². The summed E-state index contributed by atoms with van der Waals surface area (Å²) in [7, 11) is 0. The molecule has 0 aliphatic carbocycles. The molecule has 7 nitrogen and oxygen atoms in total. The first-order valence-corrected chi connectivity index (χ1v) is 8.62. The van der Waals surface area contributed by atoms with Gasteiger partial charge < -0.3 is 14.6 Å². The van der Waals surface area contributed by atoms with Crippen molar-refractivity contribution in [2.75, 3.05) is 0 Å². The summed E-state index contributed by atoms with van der Waals surface area (Å²) in [5.74, 6) is -0.194.